The summed E-state index contributed by atoms with van der Waals surface area (Å²) in [6, 6.07) is 1.98. The van der Waals surface area contributed by atoms with Gasteiger partial charge in [0.2, 0.25) is 11.7 Å². The van der Waals surface area contributed by atoms with Crippen molar-refractivity contribution in [1.82, 2.24) is 14.7 Å². The van der Waals surface area contributed by atoms with E-state index >= 15 is 0 Å². The predicted molar refractivity (Wildman–Crippen MR) is 48.1 cm³/mol. The summed E-state index contributed by atoms with van der Waals surface area (Å²) in [6.45, 7) is 4.83. The van der Waals surface area contributed by atoms with E-state index in [9.17, 15) is 0 Å². The van der Waals surface area contributed by atoms with E-state index < -0.39 is 0 Å². The summed E-state index contributed by atoms with van der Waals surface area (Å²) in [5.41, 5.74) is 0.999. The molecule has 0 spiro atoms. The highest BCUT2D eigenvalue weighted by molar-refractivity contribution is 5.52. The van der Waals surface area contributed by atoms with Crippen LogP contribution in [-0.2, 0) is 6.54 Å². The maximum absolute atomic E-state index is 4.89. The topological polar surface area (TPSA) is 43.9 Å². The van der Waals surface area contributed by atoms with Gasteiger partial charge in [0.15, 0.2) is 0 Å². The van der Waals surface area contributed by atoms with Gasteiger partial charge in [0.05, 0.1) is 0 Å². The predicted octanol–water partition coefficient (Wildman–Crippen LogP) is 1.87. The number of aromatic nitrogens is 3. The van der Waals surface area contributed by atoms with Crippen LogP contribution in [0.1, 0.15) is 12.8 Å². The van der Waals surface area contributed by atoms with Gasteiger partial charge in [0, 0.05) is 31.4 Å². The van der Waals surface area contributed by atoms with Gasteiger partial charge in [-0.05, 0) is 13.0 Å². The van der Waals surface area contributed by atoms with E-state index in [0.717, 1.165) is 12.1 Å². The Morgan fingerprint density at radius 1 is 1.54 bits per heavy atom. The Labute approximate surface area is 76.2 Å². The molecule has 0 aliphatic rings. The van der Waals surface area contributed by atoms with Crippen LogP contribution in [0.3, 0.4) is 0 Å². The van der Waals surface area contributed by atoms with Crippen molar-refractivity contribution in [3.8, 4) is 11.4 Å². The Morgan fingerprint density at radius 3 is 2.92 bits per heavy atom. The van der Waals surface area contributed by atoms with Crippen LogP contribution in [0.25, 0.3) is 11.4 Å². The molecule has 0 aromatic carbocycles. The molecule has 0 amide bonds. The van der Waals surface area contributed by atoms with Crippen LogP contribution in [0.2, 0.25) is 0 Å². The lowest BCUT2D eigenvalue weighted by molar-refractivity contribution is 0.394. The van der Waals surface area contributed by atoms with Gasteiger partial charge >= 0.3 is 0 Å². The average Bonchev–Trinajstić information content (AvgIpc) is 2.71. The van der Waals surface area contributed by atoms with Crippen molar-refractivity contribution in [2.24, 2.45) is 0 Å². The first kappa shape index (κ1) is 8.04. The minimum atomic E-state index is 0.597. The zero-order valence-electron chi connectivity index (χ0n) is 7.69. The van der Waals surface area contributed by atoms with Gasteiger partial charge in [-0.2, -0.15) is 4.98 Å². The Kier molecular flexibility index (Phi) is 1.88. The monoisotopic (exact) mass is 177 g/mol. The Hall–Kier alpha value is -1.58. The van der Waals surface area contributed by atoms with Crippen molar-refractivity contribution in [2.75, 3.05) is 0 Å². The van der Waals surface area contributed by atoms with Crippen molar-refractivity contribution >= 4 is 0 Å². The van der Waals surface area contributed by atoms with Crippen molar-refractivity contribution in [1.29, 1.82) is 0 Å². The van der Waals surface area contributed by atoms with E-state index in [1.54, 1.807) is 6.92 Å². The molecule has 4 heteroatoms. The molecule has 0 bridgehead atoms. The van der Waals surface area contributed by atoms with Crippen LogP contribution in [0.4, 0.5) is 0 Å². The van der Waals surface area contributed by atoms with Crippen LogP contribution in [-0.4, -0.2) is 14.7 Å². The van der Waals surface area contributed by atoms with Crippen molar-refractivity contribution in [2.45, 2.75) is 20.4 Å². The average molecular weight is 177 g/mol. The Balaban J connectivity index is 2.35. The molecule has 0 aliphatic carbocycles. The van der Waals surface area contributed by atoms with Crippen LogP contribution >= 0.6 is 0 Å². The molecule has 2 aromatic rings. The molecule has 13 heavy (non-hydrogen) atoms. The minimum Gasteiger partial charge on any atom is -0.354 e. The van der Waals surface area contributed by atoms with Gasteiger partial charge in [0.1, 0.15) is 0 Å². The van der Waals surface area contributed by atoms with Crippen LogP contribution in [0.5, 0.6) is 0 Å². The molecule has 68 valence electrons. The molecule has 0 saturated carbocycles. The summed E-state index contributed by atoms with van der Waals surface area (Å²) < 4.78 is 6.96. The highest BCUT2D eigenvalue weighted by Gasteiger charge is 2.05. The summed E-state index contributed by atoms with van der Waals surface area (Å²) in [4.78, 5) is 4.14. The van der Waals surface area contributed by atoms with E-state index in [-0.39, 0.29) is 0 Å². The quantitative estimate of drug-likeness (QED) is 0.703. The first-order valence-electron chi connectivity index (χ1n) is 4.26. The fourth-order valence-corrected chi connectivity index (χ4v) is 1.19. The first-order chi connectivity index (χ1) is 6.29. The van der Waals surface area contributed by atoms with Gasteiger partial charge in [0.25, 0.3) is 0 Å². The summed E-state index contributed by atoms with van der Waals surface area (Å²) in [7, 11) is 0. The summed E-state index contributed by atoms with van der Waals surface area (Å²) in [5.74, 6) is 1.25. The van der Waals surface area contributed by atoms with Gasteiger partial charge in [-0.1, -0.05) is 5.16 Å². The standard InChI is InChI=1S/C9H11N3O/c1-3-12-5-4-8(6-12)9-10-7(2)13-11-9/h4-6H,3H2,1-2H3. The smallest absolute Gasteiger partial charge is 0.223 e. The maximum Gasteiger partial charge on any atom is 0.223 e. The number of nitrogens with zero attached hydrogens (tertiary/aromatic N) is 3. The molecule has 0 saturated heterocycles. The molecule has 0 radical (unpaired) electrons. The van der Waals surface area contributed by atoms with Crippen molar-refractivity contribution in [3.05, 3.63) is 24.4 Å². The molecule has 0 aliphatic heterocycles. The molecule has 2 heterocycles. The third kappa shape index (κ3) is 1.47. The van der Waals surface area contributed by atoms with Crippen molar-refractivity contribution in [3.63, 3.8) is 0 Å². The number of rotatable bonds is 2. The lowest BCUT2D eigenvalue weighted by Crippen LogP contribution is -1.86. The fourth-order valence-electron chi connectivity index (χ4n) is 1.19. The molecule has 0 N–H and O–H groups in total. The fraction of sp³-hybridized carbons (Fsp3) is 0.333. The lowest BCUT2D eigenvalue weighted by Gasteiger charge is -1.91. The summed E-state index contributed by atoms with van der Waals surface area (Å²) >= 11 is 0. The van der Waals surface area contributed by atoms with Crippen LogP contribution in [0, 0.1) is 6.92 Å². The van der Waals surface area contributed by atoms with Crippen molar-refractivity contribution < 1.29 is 4.52 Å². The number of hydrogen-bond acceptors (Lipinski definition) is 3. The molecule has 2 rings (SSSR count). The number of aryl methyl sites for hydroxylation is 2. The normalized spacial score (nSPS) is 10.6. The van der Waals surface area contributed by atoms with E-state index in [1.807, 2.05) is 18.5 Å². The van der Waals surface area contributed by atoms with E-state index in [0.29, 0.717) is 11.7 Å². The zero-order chi connectivity index (χ0) is 9.26. The van der Waals surface area contributed by atoms with E-state index in [2.05, 4.69) is 21.6 Å². The summed E-state index contributed by atoms with van der Waals surface area (Å²) in [6.07, 6.45) is 4.01. The Morgan fingerprint density at radius 2 is 2.38 bits per heavy atom. The number of hydrogen-bond donors (Lipinski definition) is 0. The second-order valence-corrected chi connectivity index (χ2v) is 2.87. The van der Waals surface area contributed by atoms with Crippen LogP contribution in [0.15, 0.2) is 23.0 Å². The Bertz CT molecular complexity index is 402. The molecule has 0 unspecified atom stereocenters. The van der Waals surface area contributed by atoms with E-state index in [1.165, 1.54) is 0 Å². The molecular weight excluding hydrogens is 166 g/mol. The highest BCUT2D eigenvalue weighted by Crippen LogP contribution is 2.15. The first-order valence-corrected chi connectivity index (χ1v) is 4.26. The maximum atomic E-state index is 4.89. The second-order valence-electron chi connectivity index (χ2n) is 2.87. The van der Waals surface area contributed by atoms with Gasteiger partial charge in [-0.15, -0.1) is 0 Å². The third-order valence-corrected chi connectivity index (χ3v) is 1.90. The van der Waals surface area contributed by atoms with E-state index in [4.69, 9.17) is 4.52 Å². The van der Waals surface area contributed by atoms with Gasteiger partial charge in [-0.3, -0.25) is 0 Å². The zero-order valence-corrected chi connectivity index (χ0v) is 7.69. The van der Waals surface area contributed by atoms with Gasteiger partial charge in [-0.25, -0.2) is 0 Å². The van der Waals surface area contributed by atoms with Crippen LogP contribution < -0.4 is 0 Å². The summed E-state index contributed by atoms with van der Waals surface area (Å²) in [5, 5.41) is 3.83. The molecule has 2 aromatic heterocycles. The largest absolute Gasteiger partial charge is 0.354 e. The molecular formula is C9H11N3O. The lowest BCUT2D eigenvalue weighted by atomic mass is 10.3. The third-order valence-electron chi connectivity index (χ3n) is 1.90. The molecule has 0 fully saturated rings. The second kappa shape index (κ2) is 3.05. The SMILES string of the molecule is CCn1ccc(-c2noc(C)n2)c1. The minimum absolute atomic E-state index is 0.597. The highest BCUT2D eigenvalue weighted by atomic mass is 16.5. The van der Waals surface area contributed by atoms with Gasteiger partial charge < -0.3 is 9.09 Å². The molecule has 0 atom stereocenters. The molecule has 4 nitrogen and oxygen atoms in total.